The minimum Gasteiger partial charge on any atom is -0.0876 e. The average Bonchev–Trinajstić information content (AvgIpc) is 2.18. The number of hydrogen-bond donors (Lipinski definition) is 0. The highest BCUT2D eigenvalue weighted by Gasteiger charge is 2.01. The summed E-state index contributed by atoms with van der Waals surface area (Å²) in [5, 5.41) is 3.61. The molecular weight excluding hydrogens is 224 g/mol. The van der Waals surface area contributed by atoms with E-state index < -0.39 is 0 Å². The van der Waals surface area contributed by atoms with Crippen LogP contribution in [-0.4, -0.2) is 0 Å². The number of halogens is 1. The zero-order chi connectivity index (χ0) is 9.26. The molecule has 0 spiro atoms. The summed E-state index contributed by atoms with van der Waals surface area (Å²) in [7, 11) is 0. The van der Waals surface area contributed by atoms with Crippen molar-refractivity contribution >= 4 is 26.7 Å². The van der Waals surface area contributed by atoms with Gasteiger partial charge in [0.2, 0.25) is 0 Å². The molecule has 0 heterocycles. The molecule has 0 aliphatic rings. The topological polar surface area (TPSA) is 0 Å². The lowest BCUT2D eigenvalue weighted by molar-refractivity contribution is 1.36. The SMILES string of the molecule is Cc1ccc2ccccc2c1CBr. The second-order valence-corrected chi connectivity index (χ2v) is 3.78. The first-order valence-electron chi connectivity index (χ1n) is 4.36. The van der Waals surface area contributed by atoms with Crippen molar-refractivity contribution in [1.82, 2.24) is 0 Å². The second kappa shape index (κ2) is 3.51. The Bertz CT molecular complexity index is 432. The van der Waals surface area contributed by atoms with Gasteiger partial charge in [-0.3, -0.25) is 0 Å². The fraction of sp³-hybridized carbons (Fsp3) is 0.167. The molecule has 0 amide bonds. The molecule has 0 aromatic heterocycles. The predicted molar refractivity (Wildman–Crippen MR) is 61.3 cm³/mol. The minimum absolute atomic E-state index is 0.931. The van der Waals surface area contributed by atoms with Crippen LogP contribution in [0.2, 0.25) is 0 Å². The van der Waals surface area contributed by atoms with Crippen LogP contribution in [0.1, 0.15) is 11.1 Å². The molecule has 0 bridgehead atoms. The van der Waals surface area contributed by atoms with E-state index in [1.807, 2.05) is 0 Å². The smallest absolute Gasteiger partial charge is 0.0291 e. The summed E-state index contributed by atoms with van der Waals surface area (Å²) in [6.45, 7) is 2.16. The van der Waals surface area contributed by atoms with Gasteiger partial charge in [-0.05, 0) is 28.8 Å². The van der Waals surface area contributed by atoms with Gasteiger partial charge in [0.1, 0.15) is 0 Å². The predicted octanol–water partition coefficient (Wildman–Crippen LogP) is 4.04. The Morgan fingerprint density at radius 3 is 2.62 bits per heavy atom. The summed E-state index contributed by atoms with van der Waals surface area (Å²) in [4.78, 5) is 0. The van der Waals surface area contributed by atoms with Gasteiger partial charge in [-0.15, -0.1) is 0 Å². The third-order valence-electron chi connectivity index (χ3n) is 2.41. The number of hydrogen-bond acceptors (Lipinski definition) is 0. The van der Waals surface area contributed by atoms with E-state index in [2.05, 4.69) is 59.3 Å². The quantitative estimate of drug-likeness (QED) is 0.654. The summed E-state index contributed by atoms with van der Waals surface area (Å²) in [6, 6.07) is 12.9. The molecule has 0 aliphatic carbocycles. The fourth-order valence-corrected chi connectivity index (χ4v) is 2.37. The molecule has 2 rings (SSSR count). The van der Waals surface area contributed by atoms with Gasteiger partial charge in [-0.2, -0.15) is 0 Å². The third kappa shape index (κ3) is 1.49. The van der Waals surface area contributed by atoms with Crippen LogP contribution in [0.25, 0.3) is 10.8 Å². The molecule has 0 aliphatic heterocycles. The molecule has 0 fully saturated rings. The highest BCUT2D eigenvalue weighted by molar-refractivity contribution is 9.08. The normalized spacial score (nSPS) is 10.6. The van der Waals surface area contributed by atoms with Gasteiger partial charge < -0.3 is 0 Å². The molecule has 2 aromatic rings. The van der Waals surface area contributed by atoms with E-state index in [4.69, 9.17) is 0 Å². The Hall–Kier alpha value is -0.820. The van der Waals surface area contributed by atoms with Crippen molar-refractivity contribution in [3.8, 4) is 0 Å². The maximum Gasteiger partial charge on any atom is 0.0291 e. The van der Waals surface area contributed by atoms with Crippen LogP contribution in [0, 0.1) is 6.92 Å². The van der Waals surface area contributed by atoms with E-state index in [9.17, 15) is 0 Å². The van der Waals surface area contributed by atoms with Crippen molar-refractivity contribution < 1.29 is 0 Å². The molecule has 0 atom stereocenters. The van der Waals surface area contributed by atoms with Crippen LogP contribution in [0.4, 0.5) is 0 Å². The Labute approximate surface area is 86.7 Å². The summed E-state index contributed by atoms with van der Waals surface area (Å²) in [6.07, 6.45) is 0. The van der Waals surface area contributed by atoms with Crippen LogP contribution in [0.15, 0.2) is 36.4 Å². The molecule has 66 valence electrons. The molecule has 1 heteroatoms. The van der Waals surface area contributed by atoms with Crippen molar-refractivity contribution in [2.45, 2.75) is 12.3 Å². The molecule has 0 N–H and O–H groups in total. The molecule has 2 aromatic carbocycles. The van der Waals surface area contributed by atoms with Gasteiger partial charge in [0.25, 0.3) is 0 Å². The van der Waals surface area contributed by atoms with Gasteiger partial charge in [-0.1, -0.05) is 52.3 Å². The lowest BCUT2D eigenvalue weighted by atomic mass is 10.0. The molecular formula is C12H11Br. The summed E-state index contributed by atoms with van der Waals surface area (Å²) in [5.74, 6) is 0. The number of benzene rings is 2. The lowest BCUT2D eigenvalue weighted by Crippen LogP contribution is -1.86. The van der Waals surface area contributed by atoms with Crippen LogP contribution in [0.3, 0.4) is 0 Å². The van der Waals surface area contributed by atoms with Gasteiger partial charge in [-0.25, -0.2) is 0 Å². The largest absolute Gasteiger partial charge is 0.0876 e. The zero-order valence-electron chi connectivity index (χ0n) is 7.55. The monoisotopic (exact) mass is 234 g/mol. The summed E-state index contributed by atoms with van der Waals surface area (Å²) >= 11 is 3.53. The Kier molecular flexibility index (Phi) is 2.36. The molecule has 0 unspecified atom stereocenters. The van der Waals surface area contributed by atoms with E-state index in [1.54, 1.807) is 0 Å². The van der Waals surface area contributed by atoms with Crippen molar-refractivity contribution in [3.63, 3.8) is 0 Å². The van der Waals surface area contributed by atoms with Crippen LogP contribution >= 0.6 is 15.9 Å². The van der Waals surface area contributed by atoms with Crippen molar-refractivity contribution in [2.24, 2.45) is 0 Å². The maximum atomic E-state index is 3.53. The lowest BCUT2D eigenvalue weighted by Gasteiger charge is -2.06. The van der Waals surface area contributed by atoms with Crippen molar-refractivity contribution in [1.29, 1.82) is 0 Å². The molecule has 13 heavy (non-hydrogen) atoms. The van der Waals surface area contributed by atoms with E-state index in [0.717, 1.165) is 5.33 Å². The zero-order valence-corrected chi connectivity index (χ0v) is 9.14. The van der Waals surface area contributed by atoms with Gasteiger partial charge >= 0.3 is 0 Å². The Balaban J connectivity index is 2.84. The molecule has 0 saturated heterocycles. The van der Waals surface area contributed by atoms with E-state index >= 15 is 0 Å². The molecule has 0 saturated carbocycles. The highest BCUT2D eigenvalue weighted by Crippen LogP contribution is 2.23. The number of rotatable bonds is 1. The van der Waals surface area contributed by atoms with Crippen molar-refractivity contribution in [3.05, 3.63) is 47.5 Å². The fourth-order valence-electron chi connectivity index (χ4n) is 1.62. The van der Waals surface area contributed by atoms with Gasteiger partial charge in [0.05, 0.1) is 0 Å². The maximum absolute atomic E-state index is 3.53. The van der Waals surface area contributed by atoms with Crippen LogP contribution < -0.4 is 0 Å². The summed E-state index contributed by atoms with van der Waals surface area (Å²) < 4.78 is 0. The number of alkyl halides is 1. The summed E-state index contributed by atoms with van der Waals surface area (Å²) in [5.41, 5.74) is 2.76. The molecule has 0 nitrogen and oxygen atoms in total. The first kappa shape index (κ1) is 8.76. The Morgan fingerprint density at radius 2 is 1.85 bits per heavy atom. The highest BCUT2D eigenvalue weighted by atomic mass is 79.9. The van der Waals surface area contributed by atoms with Crippen LogP contribution in [0.5, 0.6) is 0 Å². The first-order valence-corrected chi connectivity index (χ1v) is 5.48. The van der Waals surface area contributed by atoms with Crippen LogP contribution in [-0.2, 0) is 5.33 Å². The second-order valence-electron chi connectivity index (χ2n) is 3.22. The van der Waals surface area contributed by atoms with E-state index in [-0.39, 0.29) is 0 Å². The standard InChI is InChI=1S/C12H11Br/c1-9-6-7-10-4-2-3-5-11(10)12(9)8-13/h2-7H,8H2,1H3. The van der Waals surface area contributed by atoms with Gasteiger partial charge in [0.15, 0.2) is 0 Å². The number of fused-ring (bicyclic) bond motifs is 1. The average molecular weight is 235 g/mol. The van der Waals surface area contributed by atoms with Gasteiger partial charge in [0, 0.05) is 5.33 Å². The van der Waals surface area contributed by atoms with Crippen molar-refractivity contribution in [2.75, 3.05) is 0 Å². The molecule has 0 radical (unpaired) electrons. The van der Waals surface area contributed by atoms with E-state index in [1.165, 1.54) is 21.9 Å². The van der Waals surface area contributed by atoms with E-state index in [0.29, 0.717) is 0 Å². The minimum atomic E-state index is 0.931. The Morgan fingerprint density at radius 1 is 1.08 bits per heavy atom. The third-order valence-corrected chi connectivity index (χ3v) is 2.97. The number of aryl methyl sites for hydroxylation is 1. The first-order chi connectivity index (χ1) is 6.33.